The molecular weight excluding hydrogens is 437 g/mol. The van der Waals surface area contributed by atoms with E-state index in [0.29, 0.717) is 4.48 Å². The molecule has 0 saturated heterocycles. The summed E-state index contributed by atoms with van der Waals surface area (Å²) in [7, 11) is 3.69. The number of hydrogen-bond acceptors (Lipinski definition) is 2. The van der Waals surface area contributed by atoms with Gasteiger partial charge < -0.3 is 4.89 Å². The van der Waals surface area contributed by atoms with Crippen LogP contribution in [-0.2, 0) is 4.57 Å². The molecular formula is C30H61NO2P+. The highest BCUT2D eigenvalue weighted by Gasteiger charge is 2.53. The Morgan fingerprint density at radius 2 is 1.00 bits per heavy atom. The number of nitrogens with zero attached hydrogens (tertiary/aromatic N) is 1. The molecule has 0 fully saturated rings. The Hall–Kier alpha value is -0.240. The maximum absolute atomic E-state index is 12.1. The molecule has 202 valence electrons. The first-order valence-corrected chi connectivity index (χ1v) is 16.1. The Balaban J connectivity index is 3.51. The monoisotopic (exact) mass is 498 g/mol. The normalized spacial score (nSPS) is 14.6. The van der Waals surface area contributed by atoms with E-state index in [1.54, 1.807) is 0 Å². The van der Waals surface area contributed by atoms with Crippen molar-refractivity contribution in [1.29, 1.82) is 0 Å². The van der Waals surface area contributed by atoms with Gasteiger partial charge in [0.1, 0.15) is 0 Å². The van der Waals surface area contributed by atoms with E-state index in [-0.39, 0.29) is 0 Å². The highest BCUT2D eigenvalue weighted by atomic mass is 31.1. The van der Waals surface area contributed by atoms with Crippen LogP contribution in [0.1, 0.15) is 155 Å². The molecule has 0 aromatic rings. The highest BCUT2D eigenvalue weighted by Crippen LogP contribution is 2.45. The van der Waals surface area contributed by atoms with Crippen LogP contribution < -0.4 is 4.89 Å². The standard InChI is InChI=1S/C30H61NO2P/c1-6-8-9-10-11-12-13-14-15-16-17-18-19-20-21-22-23-24-25-26-27-29-30(28-7-2,34(32)33)31(3,4)5/h8-9H,6-7,10-29H2,1-5H3/q+1. The second kappa shape index (κ2) is 22.0. The molecule has 2 unspecified atom stereocenters. The molecule has 2 atom stereocenters. The number of quaternary nitrogens is 1. The Morgan fingerprint density at radius 3 is 1.32 bits per heavy atom. The Kier molecular flexibility index (Phi) is 21.8. The molecule has 0 rings (SSSR count). The van der Waals surface area contributed by atoms with Crippen LogP contribution in [0.3, 0.4) is 0 Å². The topological polar surface area (TPSA) is 40.1 Å². The number of hydrogen-bond donors (Lipinski definition) is 0. The van der Waals surface area contributed by atoms with Gasteiger partial charge in [-0.15, -0.1) is 0 Å². The molecule has 4 heteroatoms. The van der Waals surface area contributed by atoms with Gasteiger partial charge in [-0.2, -0.15) is 0 Å². The van der Waals surface area contributed by atoms with Gasteiger partial charge in [-0.1, -0.05) is 127 Å². The second-order valence-corrected chi connectivity index (χ2v) is 12.8. The van der Waals surface area contributed by atoms with Gasteiger partial charge in [0, 0.05) is 12.8 Å². The van der Waals surface area contributed by atoms with E-state index in [0.717, 1.165) is 25.7 Å². The Morgan fingerprint density at radius 1 is 0.618 bits per heavy atom. The molecule has 34 heavy (non-hydrogen) atoms. The third-order valence-electron chi connectivity index (χ3n) is 7.59. The first-order valence-electron chi connectivity index (χ1n) is 14.9. The summed E-state index contributed by atoms with van der Waals surface area (Å²) in [5.41, 5.74) is 0. The largest absolute Gasteiger partial charge is 0.590 e. The van der Waals surface area contributed by atoms with E-state index >= 15 is 0 Å². The molecule has 0 aromatic carbocycles. The van der Waals surface area contributed by atoms with Crippen molar-refractivity contribution in [2.24, 2.45) is 0 Å². The zero-order valence-corrected chi connectivity index (χ0v) is 24.8. The lowest BCUT2D eigenvalue weighted by atomic mass is 9.99. The molecule has 0 aliphatic carbocycles. The van der Waals surface area contributed by atoms with Gasteiger partial charge in [0.15, 0.2) is 0 Å². The second-order valence-electron chi connectivity index (χ2n) is 11.4. The van der Waals surface area contributed by atoms with Crippen molar-refractivity contribution >= 4 is 8.03 Å². The van der Waals surface area contributed by atoms with E-state index in [1.807, 2.05) is 21.1 Å². The molecule has 0 aliphatic rings. The first kappa shape index (κ1) is 33.8. The van der Waals surface area contributed by atoms with Crippen LogP contribution in [0.4, 0.5) is 0 Å². The molecule has 0 bridgehead atoms. The predicted molar refractivity (Wildman–Crippen MR) is 150 cm³/mol. The zero-order valence-electron chi connectivity index (χ0n) is 23.9. The van der Waals surface area contributed by atoms with Gasteiger partial charge in [-0.05, 0) is 32.1 Å². The minimum atomic E-state index is -2.42. The van der Waals surface area contributed by atoms with Crippen molar-refractivity contribution in [1.82, 2.24) is 0 Å². The Bertz CT molecular complexity index is 501. The summed E-state index contributed by atoms with van der Waals surface area (Å²) >= 11 is 0. The van der Waals surface area contributed by atoms with Crippen LogP contribution in [-0.4, -0.2) is 30.9 Å². The summed E-state index contributed by atoms with van der Waals surface area (Å²) in [5, 5.41) is -0.588. The molecule has 0 aliphatic heterocycles. The third kappa shape index (κ3) is 16.4. The summed E-state index contributed by atoms with van der Waals surface area (Å²) in [6, 6.07) is 0. The van der Waals surface area contributed by atoms with Crippen molar-refractivity contribution in [3.05, 3.63) is 12.2 Å². The molecule has 0 aromatic heterocycles. The van der Waals surface area contributed by atoms with Crippen LogP contribution in [0.5, 0.6) is 0 Å². The fourth-order valence-corrected chi connectivity index (χ4v) is 6.47. The summed E-state index contributed by atoms with van der Waals surface area (Å²) in [6.07, 6.45) is 32.7. The van der Waals surface area contributed by atoms with Crippen molar-refractivity contribution in [2.45, 2.75) is 160 Å². The number of allylic oxidation sites excluding steroid dienone is 2. The van der Waals surface area contributed by atoms with E-state index in [2.05, 4.69) is 26.0 Å². The lowest BCUT2D eigenvalue weighted by molar-refractivity contribution is -0.910. The smallest absolute Gasteiger partial charge is 0.376 e. The van der Waals surface area contributed by atoms with Crippen LogP contribution in [0.15, 0.2) is 12.2 Å². The number of unbranched alkanes of at least 4 members (excludes halogenated alkanes) is 17. The lowest BCUT2D eigenvalue weighted by Crippen LogP contribution is -2.55. The Labute approximate surface area is 215 Å². The lowest BCUT2D eigenvalue weighted by Gasteiger charge is -2.39. The quantitative estimate of drug-likeness (QED) is 0.0544. The van der Waals surface area contributed by atoms with Crippen molar-refractivity contribution < 1.29 is 13.9 Å². The van der Waals surface area contributed by atoms with Crippen LogP contribution >= 0.6 is 8.03 Å². The summed E-state index contributed by atoms with van der Waals surface area (Å²) in [5.74, 6) is 0. The maximum atomic E-state index is 12.1. The summed E-state index contributed by atoms with van der Waals surface area (Å²) in [4.78, 5) is 12.1. The molecule has 0 amide bonds. The van der Waals surface area contributed by atoms with Crippen LogP contribution in [0, 0.1) is 0 Å². The van der Waals surface area contributed by atoms with E-state index in [9.17, 15) is 9.46 Å². The van der Waals surface area contributed by atoms with Crippen LogP contribution in [0.2, 0.25) is 0 Å². The summed E-state index contributed by atoms with van der Waals surface area (Å²) in [6.45, 7) is 4.30. The van der Waals surface area contributed by atoms with E-state index in [4.69, 9.17) is 0 Å². The SMILES string of the molecule is CCC=CCCCCCCCCCCCCCCCCCCCC(CCC)([P+](=O)[O-])[N+](C)(C)C. The first-order chi connectivity index (χ1) is 16.3. The van der Waals surface area contributed by atoms with E-state index < -0.39 is 13.3 Å². The zero-order chi connectivity index (χ0) is 25.5. The average molecular weight is 499 g/mol. The fourth-order valence-electron chi connectivity index (χ4n) is 5.23. The molecule has 3 nitrogen and oxygen atoms in total. The van der Waals surface area contributed by atoms with Crippen LogP contribution in [0.25, 0.3) is 0 Å². The van der Waals surface area contributed by atoms with Gasteiger partial charge in [0.2, 0.25) is 0 Å². The van der Waals surface area contributed by atoms with Gasteiger partial charge in [-0.3, -0.25) is 4.48 Å². The predicted octanol–water partition coefficient (Wildman–Crippen LogP) is 9.67. The fraction of sp³-hybridized carbons (Fsp3) is 0.933. The van der Waals surface area contributed by atoms with Crippen molar-refractivity contribution in [2.75, 3.05) is 21.1 Å². The molecule has 0 radical (unpaired) electrons. The minimum absolute atomic E-state index is 0.525. The molecule has 0 spiro atoms. The summed E-state index contributed by atoms with van der Waals surface area (Å²) < 4.78 is 12.6. The molecule has 0 saturated carbocycles. The van der Waals surface area contributed by atoms with Gasteiger partial charge in [0.25, 0.3) is 5.28 Å². The van der Waals surface area contributed by atoms with E-state index in [1.165, 1.54) is 116 Å². The molecule has 0 N–H and O–H groups in total. The van der Waals surface area contributed by atoms with Crippen molar-refractivity contribution in [3.8, 4) is 0 Å². The minimum Gasteiger partial charge on any atom is -0.590 e. The third-order valence-corrected chi connectivity index (χ3v) is 9.32. The van der Waals surface area contributed by atoms with Gasteiger partial charge in [0.05, 0.1) is 21.1 Å². The average Bonchev–Trinajstić information content (AvgIpc) is 2.78. The molecule has 0 heterocycles. The van der Waals surface area contributed by atoms with Gasteiger partial charge >= 0.3 is 8.03 Å². The maximum Gasteiger partial charge on any atom is 0.376 e. The van der Waals surface area contributed by atoms with Gasteiger partial charge in [-0.25, -0.2) is 0 Å². The number of rotatable bonds is 25. The van der Waals surface area contributed by atoms with Crippen molar-refractivity contribution in [3.63, 3.8) is 0 Å². The highest BCUT2D eigenvalue weighted by molar-refractivity contribution is 7.38.